The topological polar surface area (TPSA) is 39.1 Å². The first-order chi connectivity index (χ1) is 9.01. The van der Waals surface area contributed by atoms with Crippen LogP contribution in [0.2, 0.25) is 0 Å². The van der Waals surface area contributed by atoms with Crippen molar-refractivity contribution in [3.63, 3.8) is 0 Å². The minimum atomic E-state index is 0.349. The fourth-order valence-corrected chi connectivity index (χ4v) is 2.26. The van der Waals surface area contributed by atoms with E-state index >= 15 is 0 Å². The SMILES string of the molecule is COc1ccc(Br)cc1Nc1nc(C)cn1C(C)C. The lowest BCUT2D eigenvalue weighted by molar-refractivity contribution is 0.416. The van der Waals surface area contributed by atoms with Gasteiger partial charge in [0.1, 0.15) is 5.75 Å². The number of benzene rings is 1. The average molecular weight is 324 g/mol. The summed E-state index contributed by atoms with van der Waals surface area (Å²) in [4.78, 5) is 4.51. The fraction of sp³-hybridized carbons (Fsp3) is 0.357. The van der Waals surface area contributed by atoms with E-state index in [2.05, 4.69) is 44.6 Å². The first-order valence-corrected chi connectivity index (χ1v) is 6.96. The Kier molecular flexibility index (Phi) is 4.14. The van der Waals surface area contributed by atoms with Gasteiger partial charge >= 0.3 is 0 Å². The molecule has 4 nitrogen and oxygen atoms in total. The molecule has 0 aliphatic carbocycles. The molecule has 0 atom stereocenters. The zero-order chi connectivity index (χ0) is 14.0. The molecule has 2 aromatic rings. The van der Waals surface area contributed by atoms with Crippen molar-refractivity contribution in [2.45, 2.75) is 26.8 Å². The number of ether oxygens (including phenoxy) is 1. The molecule has 0 fully saturated rings. The van der Waals surface area contributed by atoms with Gasteiger partial charge in [0.2, 0.25) is 5.95 Å². The second-order valence-electron chi connectivity index (χ2n) is 4.68. The molecular weight excluding hydrogens is 306 g/mol. The van der Waals surface area contributed by atoms with E-state index in [0.29, 0.717) is 6.04 Å². The molecule has 0 radical (unpaired) electrons. The minimum Gasteiger partial charge on any atom is -0.495 e. The van der Waals surface area contributed by atoms with Crippen molar-refractivity contribution >= 4 is 27.6 Å². The minimum absolute atomic E-state index is 0.349. The Morgan fingerprint density at radius 1 is 1.37 bits per heavy atom. The normalized spacial score (nSPS) is 10.8. The third kappa shape index (κ3) is 3.10. The highest BCUT2D eigenvalue weighted by Crippen LogP contribution is 2.31. The zero-order valence-corrected chi connectivity index (χ0v) is 13.2. The number of imidazole rings is 1. The molecule has 102 valence electrons. The summed E-state index contributed by atoms with van der Waals surface area (Å²) in [6, 6.07) is 6.20. The maximum absolute atomic E-state index is 5.36. The van der Waals surface area contributed by atoms with Crippen LogP contribution in [-0.4, -0.2) is 16.7 Å². The Bertz CT molecular complexity index is 578. The molecular formula is C14H18BrN3O. The summed E-state index contributed by atoms with van der Waals surface area (Å²) in [5.74, 6) is 1.61. The molecule has 0 amide bonds. The van der Waals surface area contributed by atoms with Gasteiger partial charge < -0.3 is 14.6 Å². The molecule has 0 saturated carbocycles. The van der Waals surface area contributed by atoms with Crippen LogP contribution in [0.4, 0.5) is 11.6 Å². The Labute approximate surface area is 121 Å². The fourth-order valence-electron chi connectivity index (χ4n) is 1.90. The number of anilines is 2. The number of rotatable bonds is 4. The standard InChI is InChI=1S/C14H18BrN3O/c1-9(2)18-8-10(3)16-14(18)17-12-7-11(15)5-6-13(12)19-4/h5-9H,1-4H3,(H,16,17). The van der Waals surface area contributed by atoms with E-state index in [0.717, 1.165) is 27.6 Å². The molecule has 1 aromatic carbocycles. The lowest BCUT2D eigenvalue weighted by Crippen LogP contribution is -2.05. The summed E-state index contributed by atoms with van der Waals surface area (Å²) in [5.41, 5.74) is 1.88. The molecule has 1 heterocycles. The van der Waals surface area contributed by atoms with Gasteiger partial charge in [-0.3, -0.25) is 0 Å². The lowest BCUT2D eigenvalue weighted by Gasteiger charge is -2.15. The summed E-state index contributed by atoms with van der Waals surface area (Å²) in [5, 5.41) is 3.33. The van der Waals surface area contributed by atoms with Gasteiger partial charge in [0, 0.05) is 16.7 Å². The predicted molar refractivity (Wildman–Crippen MR) is 81.3 cm³/mol. The van der Waals surface area contributed by atoms with E-state index in [1.807, 2.05) is 31.3 Å². The van der Waals surface area contributed by atoms with Crippen molar-refractivity contribution in [1.82, 2.24) is 9.55 Å². The van der Waals surface area contributed by atoms with Crippen LogP contribution in [-0.2, 0) is 0 Å². The van der Waals surface area contributed by atoms with Gasteiger partial charge in [-0.2, -0.15) is 0 Å². The highest BCUT2D eigenvalue weighted by Gasteiger charge is 2.11. The summed E-state index contributed by atoms with van der Waals surface area (Å²) in [6.07, 6.45) is 2.04. The van der Waals surface area contributed by atoms with Crippen LogP contribution in [0.25, 0.3) is 0 Å². The Hall–Kier alpha value is -1.49. The number of aryl methyl sites for hydroxylation is 1. The zero-order valence-electron chi connectivity index (χ0n) is 11.6. The Morgan fingerprint density at radius 2 is 2.11 bits per heavy atom. The quantitative estimate of drug-likeness (QED) is 0.912. The third-order valence-corrected chi connectivity index (χ3v) is 3.31. The second-order valence-corrected chi connectivity index (χ2v) is 5.59. The van der Waals surface area contributed by atoms with E-state index < -0.39 is 0 Å². The van der Waals surface area contributed by atoms with Gasteiger partial charge in [-0.05, 0) is 39.0 Å². The number of aromatic nitrogens is 2. The first-order valence-electron chi connectivity index (χ1n) is 6.17. The van der Waals surface area contributed by atoms with Crippen LogP contribution in [0, 0.1) is 6.92 Å². The number of nitrogens with zero attached hydrogens (tertiary/aromatic N) is 2. The number of halogens is 1. The maximum Gasteiger partial charge on any atom is 0.207 e. The van der Waals surface area contributed by atoms with Crippen LogP contribution in [0.1, 0.15) is 25.6 Å². The molecule has 0 unspecified atom stereocenters. The molecule has 0 bridgehead atoms. The molecule has 0 aliphatic heterocycles. The highest BCUT2D eigenvalue weighted by atomic mass is 79.9. The largest absolute Gasteiger partial charge is 0.495 e. The number of nitrogens with one attached hydrogen (secondary N) is 1. The average Bonchev–Trinajstić information content (AvgIpc) is 2.71. The van der Waals surface area contributed by atoms with Crippen LogP contribution in [0.3, 0.4) is 0 Å². The lowest BCUT2D eigenvalue weighted by atomic mass is 10.3. The summed E-state index contributed by atoms with van der Waals surface area (Å²) < 4.78 is 8.46. The number of methoxy groups -OCH3 is 1. The molecule has 1 aromatic heterocycles. The van der Waals surface area contributed by atoms with Crippen molar-refractivity contribution in [2.75, 3.05) is 12.4 Å². The number of hydrogen-bond acceptors (Lipinski definition) is 3. The summed E-state index contributed by atoms with van der Waals surface area (Å²) in [7, 11) is 1.66. The van der Waals surface area contributed by atoms with Crippen molar-refractivity contribution in [3.05, 3.63) is 34.6 Å². The van der Waals surface area contributed by atoms with E-state index in [9.17, 15) is 0 Å². The summed E-state index contributed by atoms with van der Waals surface area (Å²) >= 11 is 3.47. The first kappa shape index (κ1) is 13.9. The molecule has 19 heavy (non-hydrogen) atoms. The highest BCUT2D eigenvalue weighted by molar-refractivity contribution is 9.10. The summed E-state index contributed by atoms with van der Waals surface area (Å²) in [6.45, 7) is 6.25. The molecule has 2 rings (SSSR count). The van der Waals surface area contributed by atoms with E-state index in [1.165, 1.54) is 0 Å². The van der Waals surface area contributed by atoms with E-state index in [-0.39, 0.29) is 0 Å². The number of hydrogen-bond donors (Lipinski definition) is 1. The smallest absolute Gasteiger partial charge is 0.207 e. The molecule has 5 heteroatoms. The second kappa shape index (κ2) is 5.65. The Balaban J connectivity index is 2.38. The van der Waals surface area contributed by atoms with E-state index in [4.69, 9.17) is 4.74 Å². The van der Waals surface area contributed by atoms with Gasteiger partial charge in [-0.25, -0.2) is 4.98 Å². The van der Waals surface area contributed by atoms with Crippen LogP contribution >= 0.6 is 15.9 Å². The van der Waals surface area contributed by atoms with Gasteiger partial charge in [-0.1, -0.05) is 15.9 Å². The van der Waals surface area contributed by atoms with Crippen molar-refractivity contribution in [3.8, 4) is 5.75 Å². The van der Waals surface area contributed by atoms with Crippen LogP contribution in [0.15, 0.2) is 28.9 Å². The molecule has 0 spiro atoms. The van der Waals surface area contributed by atoms with Gasteiger partial charge in [0.25, 0.3) is 0 Å². The third-order valence-electron chi connectivity index (χ3n) is 2.82. The van der Waals surface area contributed by atoms with Crippen LogP contribution < -0.4 is 10.1 Å². The monoisotopic (exact) mass is 323 g/mol. The van der Waals surface area contributed by atoms with Crippen molar-refractivity contribution in [1.29, 1.82) is 0 Å². The molecule has 1 N–H and O–H groups in total. The molecule has 0 aliphatic rings. The molecule has 0 saturated heterocycles. The Morgan fingerprint density at radius 3 is 2.74 bits per heavy atom. The van der Waals surface area contributed by atoms with Crippen LogP contribution in [0.5, 0.6) is 5.75 Å². The van der Waals surface area contributed by atoms with Gasteiger partial charge in [-0.15, -0.1) is 0 Å². The van der Waals surface area contributed by atoms with Crippen molar-refractivity contribution in [2.24, 2.45) is 0 Å². The predicted octanol–water partition coefficient (Wildman–Crippen LogP) is 4.29. The van der Waals surface area contributed by atoms with Gasteiger partial charge in [0.15, 0.2) is 0 Å². The van der Waals surface area contributed by atoms with Gasteiger partial charge in [0.05, 0.1) is 18.5 Å². The maximum atomic E-state index is 5.36. The van der Waals surface area contributed by atoms with E-state index in [1.54, 1.807) is 7.11 Å². The van der Waals surface area contributed by atoms with Crippen molar-refractivity contribution < 1.29 is 4.74 Å².